The lowest BCUT2D eigenvalue weighted by molar-refractivity contribution is -0.135. The van der Waals surface area contributed by atoms with Gasteiger partial charge in [0.15, 0.2) is 0 Å². The molecule has 0 spiro atoms. The molecule has 3 N–H and O–H groups in total. The number of anilines is 1. The first-order valence-corrected chi connectivity index (χ1v) is 6.12. The third kappa shape index (κ3) is 2.76. The molecule has 17 heavy (non-hydrogen) atoms. The van der Waals surface area contributed by atoms with Crippen LogP contribution in [0.1, 0.15) is 31.7 Å². The van der Waals surface area contributed by atoms with E-state index >= 15 is 0 Å². The minimum absolute atomic E-state index is 0.444. The molecule has 1 fully saturated rings. The standard InChI is InChI=1S/C13H20N2O2/c1-13(5-2-3-7-17-13)12(16)8-10-9-15-6-4-11(10)14/h4,6,9,12,16H,2-3,5,7-8H2,1H3,(H2,14,15). The van der Waals surface area contributed by atoms with Crippen molar-refractivity contribution in [1.82, 2.24) is 4.98 Å². The Morgan fingerprint density at radius 2 is 2.41 bits per heavy atom. The van der Waals surface area contributed by atoms with Crippen molar-refractivity contribution >= 4 is 5.69 Å². The molecule has 4 heteroatoms. The van der Waals surface area contributed by atoms with Crippen molar-refractivity contribution in [2.24, 2.45) is 0 Å². The quantitative estimate of drug-likeness (QED) is 0.835. The number of ether oxygens (including phenoxy) is 1. The predicted octanol–water partition coefficient (Wildman–Crippen LogP) is 1.53. The Morgan fingerprint density at radius 3 is 3.06 bits per heavy atom. The molecular weight excluding hydrogens is 216 g/mol. The molecule has 1 aromatic rings. The van der Waals surface area contributed by atoms with Gasteiger partial charge in [0.25, 0.3) is 0 Å². The zero-order valence-electron chi connectivity index (χ0n) is 10.2. The van der Waals surface area contributed by atoms with Crippen molar-refractivity contribution in [3.63, 3.8) is 0 Å². The summed E-state index contributed by atoms with van der Waals surface area (Å²) in [7, 11) is 0. The van der Waals surface area contributed by atoms with E-state index in [1.807, 2.05) is 6.92 Å². The highest BCUT2D eigenvalue weighted by Gasteiger charge is 2.35. The number of hydrogen-bond acceptors (Lipinski definition) is 4. The molecule has 1 aromatic heterocycles. The van der Waals surface area contributed by atoms with Gasteiger partial charge in [-0.15, -0.1) is 0 Å². The van der Waals surface area contributed by atoms with E-state index in [2.05, 4.69) is 4.98 Å². The third-order valence-electron chi connectivity index (χ3n) is 3.56. The topological polar surface area (TPSA) is 68.4 Å². The fourth-order valence-electron chi connectivity index (χ4n) is 2.25. The highest BCUT2D eigenvalue weighted by atomic mass is 16.5. The number of hydrogen-bond donors (Lipinski definition) is 2. The van der Waals surface area contributed by atoms with Gasteiger partial charge in [-0.2, -0.15) is 0 Å². The van der Waals surface area contributed by atoms with Crippen LogP contribution in [0.3, 0.4) is 0 Å². The number of aromatic nitrogens is 1. The van der Waals surface area contributed by atoms with Gasteiger partial charge in [0, 0.05) is 31.1 Å². The number of aliphatic hydroxyl groups is 1. The number of nitrogen functional groups attached to an aromatic ring is 1. The second-order valence-corrected chi connectivity index (χ2v) is 4.91. The SMILES string of the molecule is CC1(C(O)Cc2cnccc2N)CCCCO1. The fraction of sp³-hybridized carbons (Fsp3) is 0.615. The molecule has 2 heterocycles. The van der Waals surface area contributed by atoms with Crippen LogP contribution in [0.5, 0.6) is 0 Å². The average Bonchev–Trinajstić information content (AvgIpc) is 2.33. The van der Waals surface area contributed by atoms with Gasteiger partial charge >= 0.3 is 0 Å². The van der Waals surface area contributed by atoms with Crippen molar-refractivity contribution in [3.8, 4) is 0 Å². The van der Waals surface area contributed by atoms with Crippen LogP contribution < -0.4 is 5.73 Å². The van der Waals surface area contributed by atoms with Gasteiger partial charge in [-0.25, -0.2) is 0 Å². The molecule has 1 saturated heterocycles. The van der Waals surface area contributed by atoms with Crippen molar-refractivity contribution in [2.45, 2.75) is 44.3 Å². The van der Waals surface area contributed by atoms with Crippen molar-refractivity contribution in [2.75, 3.05) is 12.3 Å². The lowest BCUT2D eigenvalue weighted by atomic mass is 9.87. The van der Waals surface area contributed by atoms with E-state index in [-0.39, 0.29) is 0 Å². The van der Waals surface area contributed by atoms with Crippen LogP contribution in [-0.2, 0) is 11.2 Å². The molecule has 0 radical (unpaired) electrons. The Bertz CT molecular complexity index is 375. The molecule has 4 nitrogen and oxygen atoms in total. The number of rotatable bonds is 3. The number of pyridine rings is 1. The molecule has 0 aliphatic carbocycles. The minimum atomic E-state index is -0.533. The number of aliphatic hydroxyl groups excluding tert-OH is 1. The van der Waals surface area contributed by atoms with Gasteiger partial charge in [0.2, 0.25) is 0 Å². The normalized spacial score (nSPS) is 26.7. The fourth-order valence-corrected chi connectivity index (χ4v) is 2.25. The predicted molar refractivity (Wildman–Crippen MR) is 66.6 cm³/mol. The smallest absolute Gasteiger partial charge is 0.0915 e. The molecule has 0 amide bonds. The molecule has 2 rings (SSSR count). The molecule has 2 unspecified atom stereocenters. The van der Waals surface area contributed by atoms with E-state index in [1.165, 1.54) is 0 Å². The summed E-state index contributed by atoms with van der Waals surface area (Å²) in [5.74, 6) is 0. The van der Waals surface area contributed by atoms with Gasteiger partial charge in [-0.3, -0.25) is 4.98 Å². The van der Waals surface area contributed by atoms with Crippen LogP contribution in [0.15, 0.2) is 18.5 Å². The summed E-state index contributed by atoms with van der Waals surface area (Å²) in [6, 6.07) is 1.76. The zero-order valence-corrected chi connectivity index (χ0v) is 10.2. The van der Waals surface area contributed by atoms with E-state index in [9.17, 15) is 5.11 Å². The average molecular weight is 236 g/mol. The van der Waals surface area contributed by atoms with E-state index in [1.54, 1.807) is 18.5 Å². The second kappa shape index (κ2) is 5.02. The maximum Gasteiger partial charge on any atom is 0.0915 e. The van der Waals surface area contributed by atoms with Crippen LogP contribution >= 0.6 is 0 Å². The largest absolute Gasteiger partial charge is 0.398 e. The Kier molecular flexibility index (Phi) is 3.64. The van der Waals surface area contributed by atoms with E-state index in [0.717, 1.165) is 31.4 Å². The van der Waals surface area contributed by atoms with Crippen molar-refractivity contribution < 1.29 is 9.84 Å². The molecule has 0 aromatic carbocycles. The Hall–Kier alpha value is -1.13. The van der Waals surface area contributed by atoms with Gasteiger partial charge < -0.3 is 15.6 Å². The van der Waals surface area contributed by atoms with E-state index in [0.29, 0.717) is 12.1 Å². The molecule has 0 saturated carbocycles. The second-order valence-electron chi connectivity index (χ2n) is 4.91. The van der Waals surface area contributed by atoms with Crippen LogP contribution in [0.2, 0.25) is 0 Å². The molecular formula is C13H20N2O2. The van der Waals surface area contributed by atoms with Crippen LogP contribution in [0, 0.1) is 0 Å². The summed E-state index contributed by atoms with van der Waals surface area (Å²) in [5.41, 5.74) is 6.97. The highest BCUT2D eigenvalue weighted by molar-refractivity contribution is 5.44. The van der Waals surface area contributed by atoms with Gasteiger partial charge in [-0.05, 0) is 37.8 Å². The Labute approximate surface area is 102 Å². The summed E-state index contributed by atoms with van der Waals surface area (Å²) in [6.45, 7) is 2.71. The number of nitrogens with two attached hydrogens (primary N) is 1. The van der Waals surface area contributed by atoms with Crippen molar-refractivity contribution in [3.05, 3.63) is 24.0 Å². The Balaban J connectivity index is 2.05. The first kappa shape index (κ1) is 12.3. The lowest BCUT2D eigenvalue weighted by Crippen LogP contribution is -2.45. The monoisotopic (exact) mass is 236 g/mol. The van der Waals surface area contributed by atoms with Gasteiger partial charge in [0.05, 0.1) is 11.7 Å². The zero-order chi connectivity index (χ0) is 12.3. The van der Waals surface area contributed by atoms with Crippen molar-refractivity contribution in [1.29, 1.82) is 0 Å². The maximum atomic E-state index is 10.3. The first-order chi connectivity index (χ1) is 8.12. The highest BCUT2D eigenvalue weighted by Crippen LogP contribution is 2.30. The molecule has 0 bridgehead atoms. The van der Waals surface area contributed by atoms with Gasteiger partial charge in [0.1, 0.15) is 0 Å². The minimum Gasteiger partial charge on any atom is -0.398 e. The Morgan fingerprint density at radius 1 is 1.59 bits per heavy atom. The van der Waals surface area contributed by atoms with Gasteiger partial charge in [-0.1, -0.05) is 0 Å². The summed E-state index contributed by atoms with van der Waals surface area (Å²) >= 11 is 0. The van der Waals surface area contributed by atoms with Crippen LogP contribution in [0.25, 0.3) is 0 Å². The molecule has 1 aliphatic heterocycles. The van der Waals surface area contributed by atoms with E-state index < -0.39 is 11.7 Å². The third-order valence-corrected chi connectivity index (χ3v) is 3.56. The molecule has 2 atom stereocenters. The lowest BCUT2D eigenvalue weighted by Gasteiger charge is -2.38. The summed E-state index contributed by atoms with van der Waals surface area (Å²) in [6.07, 6.45) is 6.42. The summed E-state index contributed by atoms with van der Waals surface area (Å²) in [5, 5.41) is 10.3. The first-order valence-electron chi connectivity index (χ1n) is 6.12. The van der Waals surface area contributed by atoms with Crippen LogP contribution in [-0.4, -0.2) is 28.4 Å². The molecule has 94 valence electrons. The van der Waals surface area contributed by atoms with Crippen LogP contribution in [0.4, 0.5) is 5.69 Å². The summed E-state index contributed by atoms with van der Waals surface area (Å²) < 4.78 is 5.73. The molecule has 1 aliphatic rings. The van der Waals surface area contributed by atoms with E-state index in [4.69, 9.17) is 10.5 Å². The number of nitrogens with zero attached hydrogens (tertiary/aromatic N) is 1. The summed E-state index contributed by atoms with van der Waals surface area (Å²) in [4.78, 5) is 4.03. The maximum absolute atomic E-state index is 10.3.